The molecule has 0 amide bonds. The van der Waals surface area contributed by atoms with Crippen molar-refractivity contribution in [3.63, 3.8) is 0 Å². The lowest BCUT2D eigenvalue weighted by Crippen LogP contribution is -2.65. The monoisotopic (exact) mass is 1600 g/mol. The Morgan fingerprint density at radius 1 is 0.248 bits per heavy atom. The van der Waals surface area contributed by atoms with Gasteiger partial charge in [0.15, 0.2) is 30.5 Å². The Kier molecular flexibility index (Phi) is 71.1. The number of ether oxygens (including phenoxy) is 9. The van der Waals surface area contributed by atoms with Crippen LogP contribution in [0.2, 0.25) is 0 Å². The van der Waals surface area contributed by atoms with Gasteiger partial charge in [0.1, 0.15) is 18.8 Å². The molecule has 664 valence electrons. The van der Waals surface area contributed by atoms with Crippen molar-refractivity contribution in [3.8, 4) is 0 Å². The van der Waals surface area contributed by atoms with Gasteiger partial charge < -0.3 is 52.8 Å². The second kappa shape index (κ2) is 76.0. The van der Waals surface area contributed by atoms with E-state index in [9.17, 15) is 39.0 Å². The first-order chi connectivity index (χ1) is 55.4. The summed E-state index contributed by atoms with van der Waals surface area (Å²) in [5, 5.41) is 23.0. The first kappa shape index (κ1) is 106. The SMILES string of the molecule is CCCCCCCCCCCCCC(=O)OC[C@@]1(O[C@H]2O[C@H](CO)[C@@H](OC(=O)CCCCCCCCCCCCC)[C@H](OC(=O)CCCCCCCCCCCCC)[C@H]2OC(=O)CCCCCCCCCCCCC)O[C@H](CO)[C@@H](OC(=O)CCCCCCCCCCCCC)[C@@H]1OC(=O)CCCCCCCCCCCCC. The quantitative estimate of drug-likeness (QED) is 0.0328. The Labute approximate surface area is 692 Å². The highest BCUT2D eigenvalue weighted by Crippen LogP contribution is 2.42. The highest BCUT2D eigenvalue weighted by molar-refractivity contribution is 5.73. The third kappa shape index (κ3) is 55.9. The Bertz CT molecular complexity index is 2210. The van der Waals surface area contributed by atoms with Crippen molar-refractivity contribution in [1.82, 2.24) is 0 Å². The van der Waals surface area contributed by atoms with Crippen LogP contribution < -0.4 is 0 Å². The lowest BCUT2D eigenvalue weighted by Gasteiger charge is -2.46. The number of hydrogen-bond donors (Lipinski definition) is 2. The molecule has 2 rings (SSSR count). The van der Waals surface area contributed by atoms with Crippen LogP contribution in [-0.2, 0) is 71.4 Å². The zero-order valence-electron chi connectivity index (χ0n) is 74.2. The van der Waals surface area contributed by atoms with Gasteiger partial charge in [0.2, 0.25) is 12.1 Å². The van der Waals surface area contributed by atoms with Crippen molar-refractivity contribution >= 4 is 35.8 Å². The number of hydrogen-bond acceptors (Lipinski definition) is 17. The first-order valence-electron chi connectivity index (χ1n) is 48.7. The second-order valence-electron chi connectivity index (χ2n) is 34.1. The molecule has 0 saturated carbocycles. The number of unbranched alkanes of at least 4 members (excludes halogenated alkanes) is 60. The molecule has 0 aromatic rings. The van der Waals surface area contributed by atoms with Crippen molar-refractivity contribution in [2.45, 2.75) is 559 Å². The van der Waals surface area contributed by atoms with Crippen LogP contribution in [0.15, 0.2) is 0 Å². The van der Waals surface area contributed by atoms with E-state index in [0.29, 0.717) is 38.5 Å². The normalized spacial score (nSPS) is 19.5. The maximum Gasteiger partial charge on any atom is 0.306 e. The van der Waals surface area contributed by atoms with Gasteiger partial charge in [-0.05, 0) is 38.5 Å². The van der Waals surface area contributed by atoms with Crippen LogP contribution in [0.3, 0.4) is 0 Å². The van der Waals surface area contributed by atoms with Crippen molar-refractivity contribution in [2.75, 3.05) is 19.8 Å². The minimum Gasteiger partial charge on any atom is -0.460 e. The number of carbonyl (C=O) groups excluding carboxylic acids is 6. The van der Waals surface area contributed by atoms with E-state index in [1.54, 1.807) is 0 Å². The fourth-order valence-corrected chi connectivity index (χ4v) is 16.1. The molecule has 2 heterocycles. The van der Waals surface area contributed by atoms with Gasteiger partial charge in [-0.2, -0.15) is 0 Å². The number of carbonyl (C=O) groups is 6. The third-order valence-corrected chi connectivity index (χ3v) is 23.4. The van der Waals surface area contributed by atoms with Crippen LogP contribution in [0, 0.1) is 0 Å². The van der Waals surface area contributed by atoms with E-state index in [0.717, 1.165) is 154 Å². The van der Waals surface area contributed by atoms with Crippen LogP contribution >= 0.6 is 0 Å². The maximum atomic E-state index is 14.8. The van der Waals surface area contributed by atoms with Gasteiger partial charge in [0.05, 0.1) is 13.2 Å². The number of esters is 6. The van der Waals surface area contributed by atoms with E-state index in [4.69, 9.17) is 42.6 Å². The van der Waals surface area contributed by atoms with E-state index in [-0.39, 0.29) is 38.5 Å². The molecule has 0 spiro atoms. The molecule has 0 bridgehead atoms. The first-order valence-corrected chi connectivity index (χ1v) is 48.7. The van der Waals surface area contributed by atoms with Crippen LogP contribution in [-0.4, -0.2) is 121 Å². The predicted octanol–water partition coefficient (Wildman–Crippen LogP) is 26.1. The largest absolute Gasteiger partial charge is 0.460 e. The molecule has 0 aliphatic carbocycles. The number of rotatable bonds is 83. The Morgan fingerprint density at radius 2 is 0.460 bits per heavy atom. The van der Waals surface area contributed by atoms with Crippen molar-refractivity contribution in [2.24, 2.45) is 0 Å². The van der Waals surface area contributed by atoms with Crippen LogP contribution in [0.4, 0.5) is 0 Å². The molecule has 2 aliphatic rings. The molecule has 113 heavy (non-hydrogen) atoms. The van der Waals surface area contributed by atoms with Crippen LogP contribution in [0.5, 0.6) is 0 Å². The van der Waals surface area contributed by atoms with Gasteiger partial charge in [-0.3, -0.25) is 28.8 Å². The zero-order chi connectivity index (χ0) is 82.0. The summed E-state index contributed by atoms with van der Waals surface area (Å²) in [6.45, 7) is 11.0. The molecule has 0 unspecified atom stereocenters. The van der Waals surface area contributed by atoms with E-state index in [1.807, 2.05) is 0 Å². The molecule has 0 radical (unpaired) electrons. The summed E-state index contributed by atoms with van der Waals surface area (Å²) >= 11 is 0. The van der Waals surface area contributed by atoms with Gasteiger partial charge in [-0.15, -0.1) is 0 Å². The molecule has 2 saturated heterocycles. The van der Waals surface area contributed by atoms with Gasteiger partial charge >= 0.3 is 35.8 Å². The number of aliphatic hydroxyl groups is 2. The minimum atomic E-state index is -2.47. The van der Waals surface area contributed by atoms with E-state index >= 15 is 0 Å². The van der Waals surface area contributed by atoms with Crippen molar-refractivity contribution in [3.05, 3.63) is 0 Å². The third-order valence-electron chi connectivity index (χ3n) is 23.4. The van der Waals surface area contributed by atoms with Gasteiger partial charge in [0, 0.05) is 38.5 Å². The molecule has 0 aromatic heterocycles. The van der Waals surface area contributed by atoms with Crippen LogP contribution in [0.25, 0.3) is 0 Å². The molecule has 17 nitrogen and oxygen atoms in total. The molecular weight excluding hydrogens is 1430 g/mol. The summed E-state index contributed by atoms with van der Waals surface area (Å²) in [6.07, 6.45) is 57.7. The van der Waals surface area contributed by atoms with Crippen molar-refractivity contribution in [1.29, 1.82) is 0 Å². The Balaban J connectivity index is 2.80. The topological polar surface area (TPSA) is 226 Å². The van der Waals surface area contributed by atoms with E-state index < -0.39 is 110 Å². The Morgan fingerprint density at radius 3 is 0.717 bits per heavy atom. The molecule has 2 N–H and O–H groups in total. The van der Waals surface area contributed by atoms with Crippen LogP contribution in [0.1, 0.15) is 504 Å². The second-order valence-corrected chi connectivity index (χ2v) is 34.1. The summed E-state index contributed by atoms with van der Waals surface area (Å²) < 4.78 is 59.3. The molecular formula is C96H178O17. The molecule has 2 aliphatic heterocycles. The summed E-state index contributed by atoms with van der Waals surface area (Å²) in [6, 6.07) is 0. The summed E-state index contributed by atoms with van der Waals surface area (Å²) in [4.78, 5) is 87.2. The maximum absolute atomic E-state index is 14.8. The van der Waals surface area contributed by atoms with Gasteiger partial charge in [-0.1, -0.05) is 427 Å². The molecule has 2 fully saturated rings. The standard InChI is InChI=1S/C96H178O17/c1-7-13-19-25-31-37-43-49-55-61-67-73-84(99)105-81-96(94(111-89(104)78-72-66-60-54-48-42-36-30-24-18-12-6)91(83(80-98)112-96)108-86(101)75-69-63-57-51-45-39-33-27-21-15-9-3)113-95-93(110-88(103)77-71-65-59-53-47-41-35-29-23-17-11-5)92(109-87(102)76-70-64-58-52-46-40-34-28-22-16-10-4)90(82(79-97)106-95)107-85(100)74-68-62-56-50-44-38-32-26-20-14-8-2/h82-83,90-95,97-98H,7-81H2,1-6H3/t82-,83-,90-,91-,92+,93-,94+,95-,96+/m1/s1. The molecule has 9 atom stereocenters. The lowest BCUT2D eigenvalue weighted by molar-refractivity contribution is -0.384. The smallest absolute Gasteiger partial charge is 0.306 e. The fourth-order valence-electron chi connectivity index (χ4n) is 16.1. The molecule has 17 heteroatoms. The minimum absolute atomic E-state index is 0.00774. The number of aliphatic hydroxyl groups excluding tert-OH is 2. The lowest BCUT2D eigenvalue weighted by atomic mass is 9.97. The van der Waals surface area contributed by atoms with Crippen molar-refractivity contribution < 1.29 is 81.6 Å². The van der Waals surface area contributed by atoms with Gasteiger partial charge in [0.25, 0.3) is 0 Å². The summed E-state index contributed by atoms with van der Waals surface area (Å²) in [5.41, 5.74) is 0. The van der Waals surface area contributed by atoms with Gasteiger partial charge in [-0.25, -0.2) is 0 Å². The fraction of sp³-hybridized carbons (Fsp3) is 0.938. The zero-order valence-corrected chi connectivity index (χ0v) is 74.2. The highest BCUT2D eigenvalue weighted by atomic mass is 16.8. The average molecular weight is 1600 g/mol. The average Bonchev–Trinajstić information content (AvgIpc) is 1.63. The summed E-state index contributed by atoms with van der Waals surface area (Å²) in [7, 11) is 0. The molecule has 0 aromatic carbocycles. The van der Waals surface area contributed by atoms with E-state index in [1.165, 1.54) is 231 Å². The predicted molar refractivity (Wildman–Crippen MR) is 458 cm³/mol. The summed E-state index contributed by atoms with van der Waals surface area (Å²) in [5.74, 6) is -6.31. The highest BCUT2D eigenvalue weighted by Gasteiger charge is 2.65. The van der Waals surface area contributed by atoms with E-state index in [2.05, 4.69) is 41.5 Å². The Hall–Kier alpha value is -3.38.